The number of aromatic nitrogens is 1. The highest BCUT2D eigenvalue weighted by molar-refractivity contribution is 7.89. The molecule has 0 radical (unpaired) electrons. The standard InChI is InChI=1S/C18H29N3O3S/c22-25(23,14-7-16-5-12-24-13-6-16)20-15-17-3-10-21(11-4-17)18-1-8-19-9-2-18/h1-2,8-9,16-17,20H,3-7,10-15H2. The Morgan fingerprint density at radius 1 is 1.08 bits per heavy atom. The van der Waals surface area contributed by atoms with Crippen LogP contribution < -0.4 is 9.62 Å². The first-order valence-electron chi connectivity index (χ1n) is 9.32. The van der Waals surface area contributed by atoms with Gasteiger partial charge in [-0.05, 0) is 56.1 Å². The zero-order valence-corrected chi connectivity index (χ0v) is 15.6. The Kier molecular flexibility index (Phi) is 6.67. The highest BCUT2D eigenvalue weighted by Crippen LogP contribution is 2.23. The second-order valence-corrected chi connectivity index (χ2v) is 9.07. The molecule has 0 amide bonds. The molecule has 0 saturated carbocycles. The van der Waals surface area contributed by atoms with Crippen LogP contribution in [-0.4, -0.2) is 52.0 Å². The van der Waals surface area contributed by atoms with E-state index in [1.54, 1.807) is 0 Å². The van der Waals surface area contributed by atoms with Crippen molar-refractivity contribution in [3.8, 4) is 0 Å². The molecule has 2 aliphatic heterocycles. The van der Waals surface area contributed by atoms with Gasteiger partial charge < -0.3 is 9.64 Å². The molecule has 7 heteroatoms. The lowest BCUT2D eigenvalue weighted by atomic mass is 9.97. The van der Waals surface area contributed by atoms with Crippen molar-refractivity contribution in [3.05, 3.63) is 24.5 Å². The number of nitrogens with one attached hydrogen (secondary N) is 1. The topological polar surface area (TPSA) is 71.5 Å². The third-order valence-electron chi connectivity index (χ3n) is 5.37. The molecule has 140 valence electrons. The Hall–Kier alpha value is -1.18. The Morgan fingerprint density at radius 2 is 1.76 bits per heavy atom. The lowest BCUT2D eigenvalue weighted by molar-refractivity contribution is 0.0655. The van der Waals surface area contributed by atoms with Crippen molar-refractivity contribution < 1.29 is 13.2 Å². The average molecular weight is 368 g/mol. The molecule has 1 aromatic rings. The van der Waals surface area contributed by atoms with Gasteiger partial charge in [-0.3, -0.25) is 4.98 Å². The molecule has 0 spiro atoms. The first-order chi connectivity index (χ1) is 12.1. The number of anilines is 1. The summed E-state index contributed by atoms with van der Waals surface area (Å²) in [5.74, 6) is 1.16. The molecule has 3 heterocycles. The number of sulfonamides is 1. The second kappa shape index (κ2) is 8.96. The van der Waals surface area contributed by atoms with E-state index in [9.17, 15) is 8.42 Å². The molecule has 0 atom stereocenters. The molecule has 0 aliphatic carbocycles. The van der Waals surface area contributed by atoms with Crippen LogP contribution in [0.3, 0.4) is 0 Å². The van der Waals surface area contributed by atoms with Gasteiger partial charge >= 0.3 is 0 Å². The van der Waals surface area contributed by atoms with E-state index in [4.69, 9.17) is 4.74 Å². The summed E-state index contributed by atoms with van der Waals surface area (Å²) in [6.45, 7) is 4.06. The minimum atomic E-state index is -3.16. The minimum absolute atomic E-state index is 0.244. The van der Waals surface area contributed by atoms with Crippen molar-refractivity contribution in [3.63, 3.8) is 0 Å². The van der Waals surface area contributed by atoms with Gasteiger partial charge in [0.25, 0.3) is 0 Å². The summed E-state index contributed by atoms with van der Waals surface area (Å²) in [7, 11) is -3.16. The monoisotopic (exact) mass is 367 g/mol. The van der Waals surface area contributed by atoms with Crippen molar-refractivity contribution in [2.45, 2.75) is 32.1 Å². The lowest BCUT2D eigenvalue weighted by Gasteiger charge is -2.33. The zero-order chi connectivity index (χ0) is 17.5. The van der Waals surface area contributed by atoms with Crippen LogP contribution in [0.2, 0.25) is 0 Å². The molecule has 0 aromatic carbocycles. The largest absolute Gasteiger partial charge is 0.381 e. The molecule has 1 aromatic heterocycles. The van der Waals surface area contributed by atoms with Crippen LogP contribution in [0.4, 0.5) is 5.69 Å². The highest BCUT2D eigenvalue weighted by atomic mass is 32.2. The van der Waals surface area contributed by atoms with E-state index in [1.165, 1.54) is 5.69 Å². The fourth-order valence-electron chi connectivity index (χ4n) is 3.62. The third-order valence-corrected chi connectivity index (χ3v) is 6.75. The first-order valence-corrected chi connectivity index (χ1v) is 11.0. The third kappa shape index (κ3) is 5.94. The zero-order valence-electron chi connectivity index (χ0n) is 14.8. The smallest absolute Gasteiger partial charge is 0.211 e. The van der Waals surface area contributed by atoms with Gasteiger partial charge in [0.1, 0.15) is 0 Å². The molecule has 6 nitrogen and oxygen atoms in total. The van der Waals surface area contributed by atoms with Gasteiger partial charge in [0.15, 0.2) is 0 Å². The number of piperidine rings is 1. The Balaban J connectivity index is 1.37. The second-order valence-electron chi connectivity index (χ2n) is 7.15. The number of hydrogen-bond donors (Lipinski definition) is 1. The van der Waals surface area contributed by atoms with Crippen molar-refractivity contribution in [2.24, 2.45) is 11.8 Å². The predicted octanol–water partition coefficient (Wildman–Crippen LogP) is 2.03. The normalized spacial score (nSPS) is 20.7. The Bertz CT molecular complexity index is 610. The van der Waals surface area contributed by atoms with Crippen LogP contribution in [0.15, 0.2) is 24.5 Å². The average Bonchev–Trinajstić information content (AvgIpc) is 2.67. The molecule has 0 bridgehead atoms. The number of hydrogen-bond acceptors (Lipinski definition) is 5. The summed E-state index contributed by atoms with van der Waals surface area (Å²) in [6.07, 6.45) is 8.39. The first kappa shape index (κ1) is 18.6. The van der Waals surface area contributed by atoms with Crippen LogP contribution in [0, 0.1) is 11.8 Å². The Labute approximate surface area is 151 Å². The van der Waals surface area contributed by atoms with Crippen molar-refractivity contribution in [1.29, 1.82) is 0 Å². The molecule has 1 N–H and O–H groups in total. The summed E-state index contributed by atoms with van der Waals surface area (Å²) in [5, 5.41) is 0. The molecule has 0 unspecified atom stereocenters. The van der Waals surface area contributed by atoms with E-state index < -0.39 is 10.0 Å². The van der Waals surface area contributed by atoms with E-state index in [2.05, 4.69) is 14.6 Å². The van der Waals surface area contributed by atoms with E-state index in [0.717, 1.165) is 58.4 Å². The van der Waals surface area contributed by atoms with E-state index in [-0.39, 0.29) is 5.75 Å². The number of pyridine rings is 1. The fraction of sp³-hybridized carbons (Fsp3) is 0.722. The van der Waals surface area contributed by atoms with Gasteiger partial charge in [0.2, 0.25) is 10.0 Å². The molecule has 3 rings (SSSR count). The summed E-state index contributed by atoms with van der Waals surface area (Å²) >= 11 is 0. The number of rotatable bonds is 7. The predicted molar refractivity (Wildman–Crippen MR) is 99.1 cm³/mol. The van der Waals surface area contributed by atoms with Crippen LogP contribution in [-0.2, 0) is 14.8 Å². The van der Waals surface area contributed by atoms with E-state index in [0.29, 0.717) is 18.4 Å². The van der Waals surface area contributed by atoms with Crippen molar-refractivity contribution in [2.75, 3.05) is 43.5 Å². The molecule has 2 fully saturated rings. The lowest BCUT2D eigenvalue weighted by Crippen LogP contribution is -2.39. The molecular weight excluding hydrogens is 338 g/mol. The SMILES string of the molecule is O=S(=O)(CCC1CCOCC1)NCC1CCN(c2ccncc2)CC1. The van der Waals surface area contributed by atoms with Gasteiger partial charge in [-0.2, -0.15) is 0 Å². The quantitative estimate of drug-likeness (QED) is 0.798. The van der Waals surface area contributed by atoms with Gasteiger partial charge in [-0.25, -0.2) is 13.1 Å². The highest BCUT2D eigenvalue weighted by Gasteiger charge is 2.22. The maximum atomic E-state index is 12.2. The molecule has 2 saturated heterocycles. The fourth-order valence-corrected chi connectivity index (χ4v) is 4.90. The Morgan fingerprint density at radius 3 is 2.44 bits per heavy atom. The van der Waals surface area contributed by atoms with Gasteiger partial charge in [0, 0.05) is 50.9 Å². The van der Waals surface area contributed by atoms with Crippen LogP contribution in [0.5, 0.6) is 0 Å². The van der Waals surface area contributed by atoms with Gasteiger partial charge in [0.05, 0.1) is 5.75 Å². The maximum absolute atomic E-state index is 12.2. The summed E-state index contributed by atoms with van der Waals surface area (Å²) in [6, 6.07) is 4.05. The molecule has 25 heavy (non-hydrogen) atoms. The van der Waals surface area contributed by atoms with Crippen molar-refractivity contribution >= 4 is 15.7 Å². The number of nitrogens with zero attached hydrogens (tertiary/aromatic N) is 2. The van der Waals surface area contributed by atoms with Crippen LogP contribution in [0.1, 0.15) is 32.1 Å². The number of ether oxygens (including phenoxy) is 1. The molecular formula is C18H29N3O3S. The maximum Gasteiger partial charge on any atom is 0.211 e. The summed E-state index contributed by atoms with van der Waals surface area (Å²) in [5.41, 5.74) is 1.20. The van der Waals surface area contributed by atoms with Crippen LogP contribution in [0.25, 0.3) is 0 Å². The van der Waals surface area contributed by atoms with Gasteiger partial charge in [-0.1, -0.05) is 0 Å². The minimum Gasteiger partial charge on any atom is -0.381 e. The van der Waals surface area contributed by atoms with Crippen LogP contribution >= 0.6 is 0 Å². The molecule has 2 aliphatic rings. The van der Waals surface area contributed by atoms with Crippen molar-refractivity contribution in [1.82, 2.24) is 9.71 Å². The van der Waals surface area contributed by atoms with Gasteiger partial charge in [-0.15, -0.1) is 0 Å². The van der Waals surface area contributed by atoms with E-state index in [1.807, 2.05) is 24.5 Å². The summed E-state index contributed by atoms with van der Waals surface area (Å²) < 4.78 is 32.6. The van der Waals surface area contributed by atoms with E-state index >= 15 is 0 Å². The summed E-state index contributed by atoms with van der Waals surface area (Å²) in [4.78, 5) is 6.40.